The van der Waals surface area contributed by atoms with E-state index in [9.17, 15) is 4.79 Å². The lowest BCUT2D eigenvalue weighted by atomic mass is 9.97. The largest absolute Gasteiger partial charge is 0.396 e. The predicted molar refractivity (Wildman–Crippen MR) is 59.1 cm³/mol. The third-order valence-corrected chi connectivity index (χ3v) is 3.01. The van der Waals surface area contributed by atoms with E-state index in [0.29, 0.717) is 6.42 Å². The van der Waals surface area contributed by atoms with Crippen molar-refractivity contribution in [1.82, 2.24) is 0 Å². The smallest absolute Gasteiger partial charge is 0.231 e. The summed E-state index contributed by atoms with van der Waals surface area (Å²) in [5.41, 5.74) is 3.12. The Morgan fingerprint density at radius 3 is 2.93 bits per heavy atom. The van der Waals surface area contributed by atoms with E-state index in [1.54, 1.807) is 11.9 Å². The lowest BCUT2D eigenvalue weighted by Crippen LogP contribution is -2.22. The van der Waals surface area contributed by atoms with Crippen LogP contribution >= 0.6 is 0 Å². The summed E-state index contributed by atoms with van der Waals surface area (Å²) < 4.78 is 0. The van der Waals surface area contributed by atoms with E-state index in [0.717, 1.165) is 16.8 Å². The number of aliphatic hydroxyl groups is 1. The first-order valence-corrected chi connectivity index (χ1v) is 5.14. The standard InChI is InChI=1S/C12H15NO2/c1-8(7-14)10-5-3-4-9-6-11(15)13(2)12(9)10/h3-5,8,14H,6-7H2,1-2H3. The number of anilines is 1. The zero-order valence-electron chi connectivity index (χ0n) is 9.03. The van der Waals surface area contributed by atoms with Crippen molar-refractivity contribution >= 4 is 11.6 Å². The van der Waals surface area contributed by atoms with Gasteiger partial charge in [-0.2, -0.15) is 0 Å². The molecule has 2 rings (SSSR count). The Kier molecular flexibility index (Phi) is 2.49. The van der Waals surface area contributed by atoms with E-state index in [4.69, 9.17) is 5.11 Å². The van der Waals surface area contributed by atoms with Crippen molar-refractivity contribution in [2.45, 2.75) is 19.3 Å². The summed E-state index contributed by atoms with van der Waals surface area (Å²) in [5, 5.41) is 9.17. The second kappa shape index (κ2) is 3.66. The van der Waals surface area contributed by atoms with Crippen LogP contribution in [0.1, 0.15) is 24.0 Å². The van der Waals surface area contributed by atoms with Gasteiger partial charge in [0.2, 0.25) is 5.91 Å². The van der Waals surface area contributed by atoms with Crippen LogP contribution in [0.4, 0.5) is 5.69 Å². The summed E-state index contributed by atoms with van der Waals surface area (Å²) in [4.78, 5) is 13.2. The number of para-hydroxylation sites is 1. The first-order valence-electron chi connectivity index (χ1n) is 5.14. The molecule has 1 atom stereocenters. The number of amides is 1. The predicted octanol–water partition coefficient (Wildman–Crippen LogP) is 1.30. The molecular formula is C12H15NO2. The van der Waals surface area contributed by atoms with Crippen LogP contribution < -0.4 is 4.90 Å². The van der Waals surface area contributed by atoms with Gasteiger partial charge in [-0.3, -0.25) is 4.79 Å². The van der Waals surface area contributed by atoms with Crippen molar-refractivity contribution in [1.29, 1.82) is 0 Å². The molecule has 0 fully saturated rings. The zero-order valence-corrected chi connectivity index (χ0v) is 9.03. The molecule has 1 aliphatic heterocycles. The van der Waals surface area contributed by atoms with Crippen LogP contribution in [0.2, 0.25) is 0 Å². The van der Waals surface area contributed by atoms with Crippen molar-refractivity contribution in [3.05, 3.63) is 29.3 Å². The van der Waals surface area contributed by atoms with Gasteiger partial charge in [-0.1, -0.05) is 25.1 Å². The monoisotopic (exact) mass is 205 g/mol. The maximum atomic E-state index is 11.6. The average molecular weight is 205 g/mol. The molecule has 0 aromatic heterocycles. The number of rotatable bonds is 2. The third kappa shape index (κ3) is 1.53. The molecule has 80 valence electrons. The van der Waals surface area contributed by atoms with Crippen molar-refractivity contribution in [3.63, 3.8) is 0 Å². The number of likely N-dealkylation sites (N-methyl/N-ethyl adjacent to an activating group) is 1. The van der Waals surface area contributed by atoms with E-state index >= 15 is 0 Å². The van der Waals surface area contributed by atoms with E-state index in [2.05, 4.69) is 0 Å². The Morgan fingerprint density at radius 2 is 2.27 bits per heavy atom. The van der Waals surface area contributed by atoms with Gasteiger partial charge >= 0.3 is 0 Å². The number of hydrogen-bond acceptors (Lipinski definition) is 2. The number of aliphatic hydroxyl groups excluding tert-OH is 1. The second-order valence-corrected chi connectivity index (χ2v) is 4.07. The van der Waals surface area contributed by atoms with Gasteiger partial charge in [0.25, 0.3) is 0 Å². The highest BCUT2D eigenvalue weighted by Crippen LogP contribution is 2.35. The molecule has 3 heteroatoms. The Morgan fingerprint density at radius 1 is 1.53 bits per heavy atom. The first-order chi connectivity index (χ1) is 7.15. The van der Waals surface area contributed by atoms with Gasteiger partial charge in [0.05, 0.1) is 12.1 Å². The number of carbonyl (C=O) groups is 1. The van der Waals surface area contributed by atoms with Crippen LogP contribution in [0.5, 0.6) is 0 Å². The molecule has 1 heterocycles. The zero-order chi connectivity index (χ0) is 11.0. The van der Waals surface area contributed by atoms with Crippen molar-refractivity contribution in [3.8, 4) is 0 Å². The molecule has 1 aromatic carbocycles. The minimum Gasteiger partial charge on any atom is -0.396 e. The molecule has 3 nitrogen and oxygen atoms in total. The third-order valence-electron chi connectivity index (χ3n) is 3.01. The molecule has 0 bridgehead atoms. The van der Waals surface area contributed by atoms with Crippen LogP contribution in [-0.4, -0.2) is 24.7 Å². The summed E-state index contributed by atoms with van der Waals surface area (Å²) in [6.07, 6.45) is 0.484. The molecule has 1 unspecified atom stereocenters. The number of benzene rings is 1. The quantitative estimate of drug-likeness (QED) is 0.790. The van der Waals surface area contributed by atoms with Crippen molar-refractivity contribution in [2.75, 3.05) is 18.6 Å². The maximum absolute atomic E-state index is 11.6. The number of carbonyl (C=O) groups excluding carboxylic acids is 1. The fraction of sp³-hybridized carbons (Fsp3) is 0.417. The molecule has 0 saturated carbocycles. The summed E-state index contributed by atoms with van der Waals surface area (Å²) >= 11 is 0. The summed E-state index contributed by atoms with van der Waals surface area (Å²) in [6, 6.07) is 5.91. The Labute approximate surface area is 89.3 Å². The van der Waals surface area contributed by atoms with Crippen LogP contribution in [0.3, 0.4) is 0 Å². The van der Waals surface area contributed by atoms with Gasteiger partial charge < -0.3 is 10.0 Å². The average Bonchev–Trinajstić information content (AvgIpc) is 2.54. The van der Waals surface area contributed by atoms with Gasteiger partial charge in [-0.05, 0) is 11.1 Å². The maximum Gasteiger partial charge on any atom is 0.231 e. The molecule has 1 N–H and O–H groups in total. The van der Waals surface area contributed by atoms with Gasteiger partial charge in [-0.25, -0.2) is 0 Å². The minimum atomic E-state index is 0.0771. The van der Waals surface area contributed by atoms with Crippen LogP contribution in [-0.2, 0) is 11.2 Å². The van der Waals surface area contributed by atoms with Gasteiger partial charge in [0.15, 0.2) is 0 Å². The lowest BCUT2D eigenvalue weighted by molar-refractivity contribution is -0.117. The van der Waals surface area contributed by atoms with Gasteiger partial charge in [-0.15, -0.1) is 0 Å². The molecule has 0 saturated heterocycles. The van der Waals surface area contributed by atoms with Crippen LogP contribution in [0.25, 0.3) is 0 Å². The minimum absolute atomic E-state index is 0.0771. The summed E-state index contributed by atoms with van der Waals surface area (Å²) in [7, 11) is 1.79. The van der Waals surface area contributed by atoms with E-state index in [1.165, 1.54) is 0 Å². The van der Waals surface area contributed by atoms with E-state index in [-0.39, 0.29) is 18.4 Å². The van der Waals surface area contributed by atoms with E-state index < -0.39 is 0 Å². The molecule has 1 aliphatic rings. The molecule has 0 radical (unpaired) electrons. The van der Waals surface area contributed by atoms with Gasteiger partial charge in [0.1, 0.15) is 0 Å². The molecule has 1 aromatic rings. The molecule has 15 heavy (non-hydrogen) atoms. The topological polar surface area (TPSA) is 40.5 Å². The molecule has 1 amide bonds. The number of fused-ring (bicyclic) bond motifs is 1. The van der Waals surface area contributed by atoms with Gasteiger partial charge in [0, 0.05) is 19.6 Å². The van der Waals surface area contributed by atoms with Crippen molar-refractivity contribution < 1.29 is 9.90 Å². The Balaban J connectivity index is 2.52. The Bertz CT molecular complexity index is 401. The highest BCUT2D eigenvalue weighted by atomic mass is 16.3. The van der Waals surface area contributed by atoms with Crippen LogP contribution in [0, 0.1) is 0 Å². The molecule has 0 spiro atoms. The highest BCUT2D eigenvalue weighted by Gasteiger charge is 2.27. The fourth-order valence-electron chi connectivity index (χ4n) is 2.07. The van der Waals surface area contributed by atoms with Crippen LogP contribution in [0.15, 0.2) is 18.2 Å². The number of hydrogen-bond donors (Lipinski definition) is 1. The number of nitrogens with zero attached hydrogens (tertiary/aromatic N) is 1. The Hall–Kier alpha value is -1.35. The highest BCUT2D eigenvalue weighted by molar-refractivity contribution is 6.01. The SMILES string of the molecule is CC(CO)c1cccc2c1N(C)C(=O)C2. The normalized spacial score (nSPS) is 16.7. The lowest BCUT2D eigenvalue weighted by Gasteiger charge is -2.18. The first kappa shape index (κ1) is 10.2. The summed E-state index contributed by atoms with van der Waals surface area (Å²) in [6.45, 7) is 2.07. The molecule has 0 aliphatic carbocycles. The second-order valence-electron chi connectivity index (χ2n) is 4.07. The molecular weight excluding hydrogens is 190 g/mol. The fourth-order valence-corrected chi connectivity index (χ4v) is 2.07. The van der Waals surface area contributed by atoms with E-state index in [1.807, 2.05) is 25.1 Å². The summed E-state index contributed by atoms with van der Waals surface area (Å²) in [5.74, 6) is 0.205. The van der Waals surface area contributed by atoms with Crippen molar-refractivity contribution in [2.24, 2.45) is 0 Å².